The van der Waals surface area contributed by atoms with Crippen molar-refractivity contribution in [1.29, 1.82) is 0 Å². The maximum Gasteiger partial charge on any atom is 0.261 e. The van der Waals surface area contributed by atoms with Gasteiger partial charge in [-0.2, -0.15) is 5.10 Å². The number of nitrogens with zero attached hydrogens (tertiary/aromatic N) is 2. The van der Waals surface area contributed by atoms with Gasteiger partial charge in [0.2, 0.25) is 0 Å². The average Bonchev–Trinajstić information content (AvgIpc) is 2.98. The summed E-state index contributed by atoms with van der Waals surface area (Å²) in [5, 5.41) is 6.46. The molecule has 0 fully saturated rings. The first kappa shape index (κ1) is 9.15. The molecule has 4 heteroatoms. The number of aromatic amines is 1. The van der Waals surface area contributed by atoms with Gasteiger partial charge in [0.15, 0.2) is 0 Å². The van der Waals surface area contributed by atoms with Crippen molar-refractivity contribution in [2.75, 3.05) is 11.4 Å². The molecule has 1 amide bonds. The summed E-state index contributed by atoms with van der Waals surface area (Å²) < 4.78 is 0. The van der Waals surface area contributed by atoms with E-state index in [2.05, 4.69) is 16.3 Å². The summed E-state index contributed by atoms with van der Waals surface area (Å²) in [6, 6.07) is 8.02. The molecule has 1 aromatic carbocycles. The summed E-state index contributed by atoms with van der Waals surface area (Å²) in [5.41, 5.74) is 2.87. The van der Waals surface area contributed by atoms with Gasteiger partial charge in [-0.25, -0.2) is 0 Å². The van der Waals surface area contributed by atoms with E-state index in [-0.39, 0.29) is 5.91 Å². The smallest absolute Gasteiger partial charge is 0.261 e. The van der Waals surface area contributed by atoms with Crippen LogP contribution < -0.4 is 4.90 Å². The van der Waals surface area contributed by atoms with E-state index in [4.69, 9.17) is 0 Å². The molecule has 1 aromatic heterocycles. The fourth-order valence-electron chi connectivity index (χ4n) is 2.07. The number of carbonyl (C=O) groups excluding carboxylic acids is 1. The summed E-state index contributed by atoms with van der Waals surface area (Å²) in [7, 11) is 0. The molecule has 0 spiro atoms. The van der Waals surface area contributed by atoms with Gasteiger partial charge in [-0.05, 0) is 18.1 Å². The normalized spacial score (nSPS) is 13.9. The largest absolute Gasteiger partial charge is 0.308 e. The van der Waals surface area contributed by atoms with Gasteiger partial charge in [0, 0.05) is 18.4 Å². The van der Waals surface area contributed by atoms with Crippen LogP contribution in [0, 0.1) is 0 Å². The zero-order chi connectivity index (χ0) is 11.0. The molecule has 1 aliphatic rings. The Morgan fingerprint density at radius 3 is 3.06 bits per heavy atom. The Morgan fingerprint density at radius 1 is 1.38 bits per heavy atom. The van der Waals surface area contributed by atoms with Gasteiger partial charge in [-0.1, -0.05) is 18.2 Å². The van der Waals surface area contributed by atoms with Crippen molar-refractivity contribution in [3.63, 3.8) is 0 Å². The highest BCUT2D eigenvalue weighted by Crippen LogP contribution is 2.28. The van der Waals surface area contributed by atoms with Gasteiger partial charge >= 0.3 is 0 Å². The van der Waals surface area contributed by atoms with E-state index >= 15 is 0 Å². The lowest BCUT2D eigenvalue weighted by atomic mass is 10.2. The number of H-pyrrole nitrogens is 1. The molecular formula is C12H11N3O. The minimum Gasteiger partial charge on any atom is -0.308 e. The molecule has 2 heterocycles. The van der Waals surface area contributed by atoms with Crippen LogP contribution in [0.3, 0.4) is 0 Å². The van der Waals surface area contributed by atoms with Crippen molar-refractivity contribution >= 4 is 11.6 Å². The Hall–Kier alpha value is -2.10. The van der Waals surface area contributed by atoms with Gasteiger partial charge in [0.05, 0.1) is 11.8 Å². The van der Waals surface area contributed by atoms with E-state index in [0.29, 0.717) is 5.56 Å². The fraction of sp³-hybridized carbons (Fsp3) is 0.167. The fourth-order valence-corrected chi connectivity index (χ4v) is 2.07. The van der Waals surface area contributed by atoms with Crippen LogP contribution >= 0.6 is 0 Å². The summed E-state index contributed by atoms with van der Waals surface area (Å²) >= 11 is 0. The number of carbonyl (C=O) groups is 1. The molecule has 80 valence electrons. The highest BCUT2D eigenvalue weighted by atomic mass is 16.2. The summed E-state index contributed by atoms with van der Waals surface area (Å²) in [6.45, 7) is 0.753. The van der Waals surface area contributed by atoms with Crippen molar-refractivity contribution in [1.82, 2.24) is 10.2 Å². The molecule has 4 nitrogen and oxygen atoms in total. The Kier molecular flexibility index (Phi) is 1.99. The second-order valence-corrected chi connectivity index (χ2v) is 3.82. The van der Waals surface area contributed by atoms with Crippen LogP contribution in [0.15, 0.2) is 36.7 Å². The third-order valence-electron chi connectivity index (χ3n) is 2.88. The van der Waals surface area contributed by atoms with Crippen LogP contribution in [0.2, 0.25) is 0 Å². The molecule has 2 aromatic rings. The molecule has 16 heavy (non-hydrogen) atoms. The van der Waals surface area contributed by atoms with E-state index in [1.165, 1.54) is 5.56 Å². The second kappa shape index (κ2) is 3.48. The standard InChI is InChI=1S/C12H11N3O/c16-12(10-7-13-14-8-10)15-6-5-9-3-1-2-4-11(9)15/h1-4,7-8H,5-6H2,(H,13,14). The molecule has 1 N–H and O–H groups in total. The van der Waals surface area contributed by atoms with Crippen LogP contribution in [0.4, 0.5) is 5.69 Å². The number of amides is 1. The SMILES string of the molecule is O=C(c1cn[nH]c1)N1CCc2ccccc21. The summed E-state index contributed by atoms with van der Waals surface area (Å²) in [5.74, 6) is 0.0127. The lowest BCUT2D eigenvalue weighted by molar-refractivity contribution is 0.0989. The van der Waals surface area contributed by atoms with Crippen molar-refractivity contribution in [2.45, 2.75) is 6.42 Å². The zero-order valence-corrected chi connectivity index (χ0v) is 8.68. The van der Waals surface area contributed by atoms with Gasteiger partial charge in [-0.3, -0.25) is 9.89 Å². The van der Waals surface area contributed by atoms with E-state index in [9.17, 15) is 4.79 Å². The number of hydrogen-bond donors (Lipinski definition) is 1. The number of para-hydroxylation sites is 1. The van der Waals surface area contributed by atoms with E-state index in [0.717, 1.165) is 18.7 Å². The second-order valence-electron chi connectivity index (χ2n) is 3.82. The first-order valence-corrected chi connectivity index (χ1v) is 5.25. The van der Waals surface area contributed by atoms with Gasteiger partial charge in [0.1, 0.15) is 0 Å². The number of hydrogen-bond acceptors (Lipinski definition) is 2. The number of rotatable bonds is 1. The van der Waals surface area contributed by atoms with Crippen molar-refractivity contribution in [3.05, 3.63) is 47.8 Å². The molecule has 0 unspecified atom stereocenters. The van der Waals surface area contributed by atoms with E-state index in [1.807, 2.05) is 18.2 Å². The lowest BCUT2D eigenvalue weighted by Gasteiger charge is -2.15. The van der Waals surface area contributed by atoms with Gasteiger partial charge in [0.25, 0.3) is 5.91 Å². The van der Waals surface area contributed by atoms with Crippen LogP contribution in [0.25, 0.3) is 0 Å². The molecule has 0 aliphatic carbocycles. The Balaban J connectivity index is 1.96. The van der Waals surface area contributed by atoms with Gasteiger partial charge < -0.3 is 4.90 Å². The van der Waals surface area contributed by atoms with Crippen LogP contribution in [-0.2, 0) is 6.42 Å². The molecule has 0 bridgehead atoms. The van der Waals surface area contributed by atoms with Crippen molar-refractivity contribution < 1.29 is 4.79 Å². The lowest BCUT2D eigenvalue weighted by Crippen LogP contribution is -2.28. The monoisotopic (exact) mass is 213 g/mol. The third kappa shape index (κ3) is 1.31. The van der Waals surface area contributed by atoms with E-state index in [1.54, 1.807) is 17.3 Å². The number of nitrogens with one attached hydrogen (secondary N) is 1. The van der Waals surface area contributed by atoms with Gasteiger partial charge in [-0.15, -0.1) is 0 Å². The number of fused-ring (bicyclic) bond motifs is 1. The number of anilines is 1. The van der Waals surface area contributed by atoms with Crippen LogP contribution in [0.1, 0.15) is 15.9 Å². The number of aromatic nitrogens is 2. The first-order chi connectivity index (χ1) is 7.86. The van der Waals surface area contributed by atoms with Crippen LogP contribution in [-0.4, -0.2) is 22.6 Å². The Bertz CT molecular complexity index is 519. The maximum absolute atomic E-state index is 12.1. The molecule has 0 radical (unpaired) electrons. The summed E-state index contributed by atoms with van der Waals surface area (Å²) in [4.78, 5) is 13.9. The number of benzene rings is 1. The molecular weight excluding hydrogens is 202 g/mol. The Morgan fingerprint density at radius 2 is 2.25 bits per heavy atom. The zero-order valence-electron chi connectivity index (χ0n) is 8.68. The molecule has 0 saturated carbocycles. The topological polar surface area (TPSA) is 49.0 Å². The molecule has 1 aliphatic heterocycles. The quantitative estimate of drug-likeness (QED) is 0.782. The van der Waals surface area contributed by atoms with Crippen LogP contribution in [0.5, 0.6) is 0 Å². The summed E-state index contributed by atoms with van der Waals surface area (Å²) in [6.07, 6.45) is 4.12. The average molecular weight is 213 g/mol. The molecule has 3 rings (SSSR count). The minimum absolute atomic E-state index is 0.0127. The minimum atomic E-state index is 0.0127. The molecule has 0 atom stereocenters. The van der Waals surface area contributed by atoms with Crippen molar-refractivity contribution in [2.24, 2.45) is 0 Å². The van der Waals surface area contributed by atoms with E-state index < -0.39 is 0 Å². The highest BCUT2D eigenvalue weighted by molar-refractivity contribution is 6.06. The van der Waals surface area contributed by atoms with Crippen molar-refractivity contribution in [3.8, 4) is 0 Å². The Labute approximate surface area is 92.9 Å². The first-order valence-electron chi connectivity index (χ1n) is 5.25. The predicted octanol–water partition coefficient (Wildman–Crippen LogP) is 1.61. The highest BCUT2D eigenvalue weighted by Gasteiger charge is 2.25. The predicted molar refractivity (Wildman–Crippen MR) is 60.4 cm³/mol. The maximum atomic E-state index is 12.1. The third-order valence-corrected chi connectivity index (χ3v) is 2.88. The molecule has 0 saturated heterocycles.